The van der Waals surface area contributed by atoms with Crippen molar-refractivity contribution >= 4 is 5.91 Å². The summed E-state index contributed by atoms with van der Waals surface area (Å²) in [4.78, 5) is 12.9. The second-order valence-electron chi connectivity index (χ2n) is 6.90. The number of hydrogen-bond donors (Lipinski definition) is 1. The normalized spacial score (nSPS) is 11.9. The first-order chi connectivity index (χ1) is 13.5. The van der Waals surface area contributed by atoms with Gasteiger partial charge in [0.1, 0.15) is 0 Å². The molecule has 0 bridgehead atoms. The molecule has 0 aromatic heterocycles. The second kappa shape index (κ2) is 10.7. The Bertz CT molecular complexity index is 773. The Morgan fingerprint density at radius 2 is 1.71 bits per heavy atom. The SMILES string of the molecule is CCOc1ccc(C(NC(=O)c2cccc(COC)c2)C(C)C)cc1OCC. The van der Waals surface area contributed by atoms with Crippen molar-refractivity contribution in [3.05, 3.63) is 59.2 Å². The smallest absolute Gasteiger partial charge is 0.251 e. The highest BCUT2D eigenvalue weighted by molar-refractivity contribution is 5.94. The van der Waals surface area contributed by atoms with Gasteiger partial charge in [0.25, 0.3) is 5.91 Å². The van der Waals surface area contributed by atoms with Gasteiger partial charge in [-0.25, -0.2) is 0 Å². The van der Waals surface area contributed by atoms with Crippen molar-refractivity contribution in [3.8, 4) is 11.5 Å². The van der Waals surface area contributed by atoms with Crippen molar-refractivity contribution in [3.63, 3.8) is 0 Å². The Morgan fingerprint density at radius 1 is 1.00 bits per heavy atom. The molecule has 2 aromatic carbocycles. The zero-order valence-electron chi connectivity index (χ0n) is 17.5. The first-order valence-electron chi connectivity index (χ1n) is 9.78. The third kappa shape index (κ3) is 5.73. The summed E-state index contributed by atoms with van der Waals surface area (Å²) in [6, 6.07) is 13.2. The molecule has 0 saturated carbocycles. The van der Waals surface area contributed by atoms with Crippen LogP contribution in [0.2, 0.25) is 0 Å². The molecule has 1 amide bonds. The number of carbonyl (C=O) groups excluding carboxylic acids is 1. The van der Waals surface area contributed by atoms with Crippen LogP contribution in [0.5, 0.6) is 11.5 Å². The van der Waals surface area contributed by atoms with Crippen LogP contribution >= 0.6 is 0 Å². The number of hydrogen-bond acceptors (Lipinski definition) is 4. The van der Waals surface area contributed by atoms with Gasteiger partial charge in [0, 0.05) is 12.7 Å². The average molecular weight is 386 g/mol. The number of nitrogens with one attached hydrogen (secondary N) is 1. The largest absolute Gasteiger partial charge is 0.490 e. The number of benzene rings is 2. The highest BCUT2D eigenvalue weighted by Crippen LogP contribution is 2.33. The molecule has 0 spiro atoms. The Morgan fingerprint density at radius 3 is 2.36 bits per heavy atom. The van der Waals surface area contributed by atoms with E-state index in [1.807, 2.05) is 56.3 Å². The van der Waals surface area contributed by atoms with Crippen molar-refractivity contribution in [2.45, 2.75) is 40.3 Å². The molecule has 152 valence electrons. The summed E-state index contributed by atoms with van der Waals surface area (Å²) in [6.07, 6.45) is 0. The number of carbonyl (C=O) groups is 1. The molecule has 0 saturated heterocycles. The van der Waals surface area contributed by atoms with Gasteiger partial charge < -0.3 is 19.5 Å². The Hall–Kier alpha value is -2.53. The summed E-state index contributed by atoms with van der Waals surface area (Å²) in [5.74, 6) is 1.51. The zero-order chi connectivity index (χ0) is 20.5. The van der Waals surface area contributed by atoms with E-state index in [9.17, 15) is 4.79 Å². The molecule has 0 heterocycles. The lowest BCUT2D eigenvalue weighted by Crippen LogP contribution is -2.31. The summed E-state index contributed by atoms with van der Waals surface area (Å²) in [7, 11) is 1.64. The van der Waals surface area contributed by atoms with E-state index < -0.39 is 0 Å². The van der Waals surface area contributed by atoms with Gasteiger partial charge in [-0.15, -0.1) is 0 Å². The lowest BCUT2D eigenvalue weighted by atomic mass is 9.95. The number of rotatable bonds is 10. The van der Waals surface area contributed by atoms with Gasteiger partial charge in [-0.3, -0.25) is 4.79 Å². The molecule has 1 N–H and O–H groups in total. The lowest BCUT2D eigenvalue weighted by Gasteiger charge is -2.24. The van der Waals surface area contributed by atoms with Crippen molar-refractivity contribution in [1.29, 1.82) is 0 Å². The maximum atomic E-state index is 12.9. The summed E-state index contributed by atoms with van der Waals surface area (Å²) in [6.45, 7) is 9.66. The first kappa shape index (κ1) is 21.8. The number of amides is 1. The van der Waals surface area contributed by atoms with Crippen LogP contribution in [0.4, 0.5) is 0 Å². The van der Waals surface area contributed by atoms with Crippen LogP contribution in [0.25, 0.3) is 0 Å². The third-order valence-corrected chi connectivity index (χ3v) is 4.38. The minimum absolute atomic E-state index is 0.108. The average Bonchev–Trinajstić information content (AvgIpc) is 2.68. The van der Waals surface area contributed by atoms with Gasteiger partial charge in [-0.1, -0.05) is 32.0 Å². The molecule has 0 fully saturated rings. The predicted octanol–water partition coefficient (Wildman–Crippen LogP) is 4.76. The Balaban J connectivity index is 2.26. The highest BCUT2D eigenvalue weighted by Gasteiger charge is 2.21. The number of methoxy groups -OCH3 is 1. The molecule has 0 aliphatic carbocycles. The maximum absolute atomic E-state index is 12.9. The van der Waals surface area contributed by atoms with Gasteiger partial charge in [-0.2, -0.15) is 0 Å². The molecular weight excluding hydrogens is 354 g/mol. The Labute approximate surface area is 168 Å². The zero-order valence-corrected chi connectivity index (χ0v) is 17.5. The molecule has 2 rings (SSSR count). The van der Waals surface area contributed by atoms with Gasteiger partial charge in [0.15, 0.2) is 11.5 Å². The highest BCUT2D eigenvalue weighted by atomic mass is 16.5. The molecule has 2 aromatic rings. The Kier molecular flexibility index (Phi) is 8.33. The lowest BCUT2D eigenvalue weighted by molar-refractivity contribution is 0.0925. The molecule has 1 unspecified atom stereocenters. The van der Waals surface area contributed by atoms with Crippen molar-refractivity contribution < 1.29 is 19.0 Å². The van der Waals surface area contributed by atoms with E-state index in [1.54, 1.807) is 7.11 Å². The number of ether oxygens (including phenoxy) is 3. The minimum Gasteiger partial charge on any atom is -0.490 e. The van der Waals surface area contributed by atoms with E-state index in [-0.39, 0.29) is 17.9 Å². The summed E-state index contributed by atoms with van der Waals surface area (Å²) < 4.78 is 16.5. The van der Waals surface area contributed by atoms with Crippen LogP contribution in [0.15, 0.2) is 42.5 Å². The van der Waals surface area contributed by atoms with Gasteiger partial charge in [0.05, 0.1) is 25.9 Å². The quantitative estimate of drug-likeness (QED) is 0.641. The van der Waals surface area contributed by atoms with E-state index in [0.29, 0.717) is 36.9 Å². The van der Waals surface area contributed by atoms with E-state index in [0.717, 1.165) is 11.1 Å². The van der Waals surface area contributed by atoms with E-state index >= 15 is 0 Å². The fourth-order valence-corrected chi connectivity index (χ4v) is 3.09. The van der Waals surface area contributed by atoms with Crippen LogP contribution < -0.4 is 14.8 Å². The molecule has 28 heavy (non-hydrogen) atoms. The second-order valence-corrected chi connectivity index (χ2v) is 6.90. The van der Waals surface area contributed by atoms with E-state index in [1.165, 1.54) is 0 Å². The fourth-order valence-electron chi connectivity index (χ4n) is 3.09. The van der Waals surface area contributed by atoms with Crippen LogP contribution in [0.1, 0.15) is 55.2 Å². The summed E-state index contributed by atoms with van der Waals surface area (Å²) in [5, 5.41) is 3.16. The molecule has 0 aliphatic heterocycles. The van der Waals surface area contributed by atoms with Crippen LogP contribution in [-0.2, 0) is 11.3 Å². The van der Waals surface area contributed by atoms with E-state index in [4.69, 9.17) is 14.2 Å². The summed E-state index contributed by atoms with van der Waals surface area (Å²) >= 11 is 0. The first-order valence-corrected chi connectivity index (χ1v) is 9.78. The molecule has 0 aliphatic rings. The molecule has 5 heteroatoms. The maximum Gasteiger partial charge on any atom is 0.251 e. The van der Waals surface area contributed by atoms with E-state index in [2.05, 4.69) is 19.2 Å². The predicted molar refractivity (Wildman–Crippen MR) is 111 cm³/mol. The molecule has 0 radical (unpaired) electrons. The minimum atomic E-state index is -0.145. The topological polar surface area (TPSA) is 56.8 Å². The van der Waals surface area contributed by atoms with Gasteiger partial charge >= 0.3 is 0 Å². The van der Waals surface area contributed by atoms with Crippen molar-refractivity contribution in [2.24, 2.45) is 5.92 Å². The third-order valence-electron chi connectivity index (χ3n) is 4.38. The molecule has 5 nitrogen and oxygen atoms in total. The van der Waals surface area contributed by atoms with Crippen molar-refractivity contribution in [2.75, 3.05) is 20.3 Å². The van der Waals surface area contributed by atoms with Gasteiger partial charge in [0.2, 0.25) is 0 Å². The van der Waals surface area contributed by atoms with Crippen LogP contribution in [0.3, 0.4) is 0 Å². The van der Waals surface area contributed by atoms with Crippen LogP contribution in [0, 0.1) is 5.92 Å². The monoisotopic (exact) mass is 385 g/mol. The summed E-state index contributed by atoms with van der Waals surface area (Å²) in [5.41, 5.74) is 2.58. The van der Waals surface area contributed by atoms with Crippen LogP contribution in [-0.4, -0.2) is 26.2 Å². The molecular formula is C23H31NO4. The van der Waals surface area contributed by atoms with Crippen molar-refractivity contribution in [1.82, 2.24) is 5.32 Å². The molecule has 1 atom stereocenters. The van der Waals surface area contributed by atoms with Gasteiger partial charge in [-0.05, 0) is 55.2 Å². The standard InChI is InChI=1S/C23H31NO4/c1-6-27-20-12-11-18(14-21(20)28-7-2)22(16(3)4)24-23(25)19-10-8-9-17(13-19)15-26-5/h8-14,16,22H,6-7,15H2,1-5H3,(H,24,25). The fraction of sp³-hybridized carbons (Fsp3) is 0.435.